The number of guanidine groups is 1. The van der Waals surface area contributed by atoms with Crippen LogP contribution >= 0.6 is 0 Å². The van der Waals surface area contributed by atoms with Crippen molar-refractivity contribution >= 4 is 17.3 Å². The SMILES string of the molecule is CN=C(NCc1cccc(N2CC=CC2)c1)NC1CCCN(c2cccc(OC)c2)C1. The first-order chi connectivity index (χ1) is 15.2. The third-order valence-electron chi connectivity index (χ3n) is 5.96. The fourth-order valence-electron chi connectivity index (χ4n) is 4.26. The Morgan fingerprint density at radius 3 is 2.61 bits per heavy atom. The topological polar surface area (TPSA) is 52.1 Å². The number of hydrogen-bond acceptors (Lipinski definition) is 4. The highest BCUT2D eigenvalue weighted by atomic mass is 16.5. The molecule has 2 aromatic carbocycles. The monoisotopic (exact) mass is 419 g/mol. The molecule has 0 spiro atoms. The Morgan fingerprint density at radius 2 is 1.84 bits per heavy atom. The van der Waals surface area contributed by atoms with Crippen LogP contribution in [-0.2, 0) is 6.54 Å². The van der Waals surface area contributed by atoms with Crippen molar-refractivity contribution in [2.24, 2.45) is 4.99 Å². The molecule has 2 aliphatic rings. The molecule has 2 aliphatic heterocycles. The van der Waals surface area contributed by atoms with E-state index in [9.17, 15) is 0 Å². The summed E-state index contributed by atoms with van der Waals surface area (Å²) in [4.78, 5) is 9.25. The van der Waals surface area contributed by atoms with Gasteiger partial charge < -0.3 is 25.2 Å². The van der Waals surface area contributed by atoms with Crippen LogP contribution in [0.15, 0.2) is 65.7 Å². The second-order valence-corrected chi connectivity index (χ2v) is 8.10. The Balaban J connectivity index is 1.32. The number of nitrogens with one attached hydrogen (secondary N) is 2. The van der Waals surface area contributed by atoms with Crippen LogP contribution in [0.1, 0.15) is 18.4 Å². The largest absolute Gasteiger partial charge is 0.497 e. The fraction of sp³-hybridized carbons (Fsp3) is 0.400. The van der Waals surface area contributed by atoms with Gasteiger partial charge >= 0.3 is 0 Å². The molecule has 1 unspecified atom stereocenters. The van der Waals surface area contributed by atoms with Gasteiger partial charge in [0.15, 0.2) is 5.96 Å². The first kappa shape index (κ1) is 21.1. The molecule has 0 amide bonds. The van der Waals surface area contributed by atoms with Crippen LogP contribution in [0.25, 0.3) is 0 Å². The lowest BCUT2D eigenvalue weighted by Crippen LogP contribution is -2.51. The molecule has 1 fully saturated rings. The van der Waals surface area contributed by atoms with Crippen molar-refractivity contribution in [2.45, 2.75) is 25.4 Å². The first-order valence-corrected chi connectivity index (χ1v) is 11.1. The molecule has 0 radical (unpaired) electrons. The predicted octanol–water partition coefficient (Wildman–Crippen LogP) is 3.41. The number of nitrogens with zero attached hydrogens (tertiary/aromatic N) is 3. The van der Waals surface area contributed by atoms with Crippen LogP contribution < -0.4 is 25.2 Å². The van der Waals surface area contributed by atoms with E-state index in [1.807, 2.05) is 13.1 Å². The summed E-state index contributed by atoms with van der Waals surface area (Å²) in [6, 6.07) is 17.4. The Hall–Kier alpha value is -3.15. The van der Waals surface area contributed by atoms with Crippen LogP contribution in [-0.4, -0.2) is 52.3 Å². The third kappa shape index (κ3) is 5.51. The van der Waals surface area contributed by atoms with Crippen molar-refractivity contribution in [1.82, 2.24) is 10.6 Å². The van der Waals surface area contributed by atoms with Gasteiger partial charge in [-0.1, -0.05) is 30.4 Å². The highest BCUT2D eigenvalue weighted by molar-refractivity contribution is 5.80. The van der Waals surface area contributed by atoms with Gasteiger partial charge in [0.25, 0.3) is 0 Å². The lowest BCUT2D eigenvalue weighted by Gasteiger charge is -2.35. The van der Waals surface area contributed by atoms with E-state index in [2.05, 4.69) is 80.0 Å². The number of rotatable bonds is 6. The van der Waals surface area contributed by atoms with Crippen LogP contribution in [0.3, 0.4) is 0 Å². The van der Waals surface area contributed by atoms with Crippen LogP contribution in [0.5, 0.6) is 5.75 Å². The highest BCUT2D eigenvalue weighted by Gasteiger charge is 2.21. The summed E-state index contributed by atoms with van der Waals surface area (Å²) in [7, 11) is 3.55. The maximum absolute atomic E-state index is 5.39. The van der Waals surface area contributed by atoms with E-state index in [1.54, 1.807) is 7.11 Å². The Morgan fingerprint density at radius 1 is 1.06 bits per heavy atom. The number of hydrogen-bond donors (Lipinski definition) is 2. The lowest BCUT2D eigenvalue weighted by molar-refractivity contribution is 0.414. The molecule has 164 valence electrons. The Labute approximate surface area is 185 Å². The zero-order chi connectivity index (χ0) is 21.5. The molecular weight excluding hydrogens is 386 g/mol. The maximum atomic E-state index is 5.39. The molecule has 2 N–H and O–H groups in total. The molecule has 1 saturated heterocycles. The van der Waals surface area contributed by atoms with Gasteiger partial charge in [-0.3, -0.25) is 4.99 Å². The molecular formula is C25H33N5O. The van der Waals surface area contributed by atoms with Crippen molar-refractivity contribution in [2.75, 3.05) is 50.1 Å². The number of methoxy groups -OCH3 is 1. The van der Waals surface area contributed by atoms with E-state index in [4.69, 9.17) is 4.74 Å². The molecule has 0 bridgehead atoms. The van der Waals surface area contributed by atoms with E-state index in [0.717, 1.165) is 57.3 Å². The average molecular weight is 420 g/mol. The van der Waals surface area contributed by atoms with Crippen molar-refractivity contribution in [3.8, 4) is 5.75 Å². The van der Waals surface area contributed by atoms with Gasteiger partial charge in [0, 0.05) is 63.3 Å². The van der Waals surface area contributed by atoms with Crippen molar-refractivity contribution in [3.05, 3.63) is 66.2 Å². The fourth-order valence-corrected chi connectivity index (χ4v) is 4.26. The van der Waals surface area contributed by atoms with Gasteiger partial charge in [0.05, 0.1) is 7.11 Å². The van der Waals surface area contributed by atoms with Gasteiger partial charge in [-0.15, -0.1) is 0 Å². The van der Waals surface area contributed by atoms with Crippen molar-refractivity contribution in [3.63, 3.8) is 0 Å². The molecule has 6 nitrogen and oxygen atoms in total. The van der Waals surface area contributed by atoms with Crippen LogP contribution in [0.2, 0.25) is 0 Å². The van der Waals surface area contributed by atoms with E-state index in [0.29, 0.717) is 6.04 Å². The number of ether oxygens (including phenoxy) is 1. The summed E-state index contributed by atoms with van der Waals surface area (Å²) < 4.78 is 5.39. The predicted molar refractivity (Wildman–Crippen MR) is 129 cm³/mol. The standard InChI is InChI=1S/C25H33N5O/c1-26-25(27-18-20-8-5-10-22(16-20)29-13-3-4-14-29)28-21-9-7-15-30(19-21)23-11-6-12-24(17-23)31-2/h3-6,8,10-12,16-17,21H,7,9,13-15,18-19H2,1-2H3,(H2,26,27,28). The van der Waals surface area contributed by atoms with Crippen molar-refractivity contribution < 1.29 is 4.74 Å². The van der Waals surface area contributed by atoms with Gasteiger partial charge in [-0.2, -0.15) is 0 Å². The molecule has 0 aliphatic carbocycles. The minimum absolute atomic E-state index is 0.355. The Bertz CT molecular complexity index is 918. The van der Waals surface area contributed by atoms with Crippen LogP contribution in [0.4, 0.5) is 11.4 Å². The minimum Gasteiger partial charge on any atom is -0.497 e. The van der Waals surface area contributed by atoms with E-state index in [-0.39, 0.29) is 0 Å². The highest BCUT2D eigenvalue weighted by Crippen LogP contribution is 2.24. The van der Waals surface area contributed by atoms with Crippen LogP contribution in [0, 0.1) is 0 Å². The van der Waals surface area contributed by atoms with E-state index >= 15 is 0 Å². The first-order valence-electron chi connectivity index (χ1n) is 11.1. The smallest absolute Gasteiger partial charge is 0.191 e. The summed E-state index contributed by atoms with van der Waals surface area (Å²) in [5.41, 5.74) is 3.74. The lowest BCUT2D eigenvalue weighted by atomic mass is 10.0. The summed E-state index contributed by atoms with van der Waals surface area (Å²) in [5, 5.41) is 7.11. The Kier molecular flexibility index (Phi) is 6.97. The summed E-state index contributed by atoms with van der Waals surface area (Å²) in [6.45, 7) is 4.75. The minimum atomic E-state index is 0.355. The van der Waals surface area contributed by atoms with Crippen molar-refractivity contribution in [1.29, 1.82) is 0 Å². The molecule has 2 aromatic rings. The number of piperidine rings is 1. The second-order valence-electron chi connectivity index (χ2n) is 8.10. The molecule has 31 heavy (non-hydrogen) atoms. The van der Waals surface area contributed by atoms with E-state index in [1.165, 1.54) is 16.9 Å². The number of aliphatic imine (C=N–C) groups is 1. The quantitative estimate of drug-likeness (QED) is 0.427. The van der Waals surface area contributed by atoms with E-state index < -0.39 is 0 Å². The van der Waals surface area contributed by atoms with Gasteiger partial charge in [0.2, 0.25) is 0 Å². The summed E-state index contributed by atoms with van der Waals surface area (Å²) in [5.74, 6) is 1.75. The summed E-state index contributed by atoms with van der Waals surface area (Å²) >= 11 is 0. The number of anilines is 2. The van der Waals surface area contributed by atoms with Gasteiger partial charge in [0.1, 0.15) is 5.75 Å². The molecule has 0 saturated carbocycles. The normalized spacial score (nSPS) is 18.9. The maximum Gasteiger partial charge on any atom is 0.191 e. The second kappa shape index (κ2) is 10.2. The molecule has 2 heterocycles. The third-order valence-corrected chi connectivity index (χ3v) is 5.96. The number of benzene rings is 2. The zero-order valence-electron chi connectivity index (χ0n) is 18.6. The van der Waals surface area contributed by atoms with Gasteiger partial charge in [-0.25, -0.2) is 0 Å². The summed E-state index contributed by atoms with van der Waals surface area (Å²) in [6.07, 6.45) is 6.72. The molecule has 4 rings (SSSR count). The molecule has 1 atom stereocenters. The van der Waals surface area contributed by atoms with Gasteiger partial charge in [-0.05, 0) is 42.7 Å². The molecule has 6 heteroatoms. The molecule has 0 aromatic heterocycles. The average Bonchev–Trinajstić information content (AvgIpc) is 3.37. The zero-order valence-corrected chi connectivity index (χ0v) is 18.6.